The maximum atomic E-state index is 5.78. The van der Waals surface area contributed by atoms with E-state index in [1.54, 1.807) is 17.2 Å². The molecule has 0 bridgehead atoms. The maximum Gasteiger partial charge on any atom is 0.342 e. The number of aromatic nitrogens is 4. The van der Waals surface area contributed by atoms with Crippen molar-refractivity contribution in [2.45, 2.75) is 6.92 Å². The van der Waals surface area contributed by atoms with Gasteiger partial charge in [0, 0.05) is 0 Å². The number of pyridine rings is 1. The fourth-order valence-electron chi connectivity index (χ4n) is 1.73. The highest BCUT2D eigenvalue weighted by Crippen LogP contribution is 2.31. The molecule has 0 fully saturated rings. The van der Waals surface area contributed by atoms with Gasteiger partial charge in [-0.25, -0.2) is 9.67 Å². The van der Waals surface area contributed by atoms with Crippen molar-refractivity contribution in [3.63, 3.8) is 0 Å². The normalized spacial score (nSPS) is 10.6. The molecule has 0 aliphatic heterocycles. The van der Waals surface area contributed by atoms with E-state index in [1.807, 2.05) is 37.3 Å². The number of anilines is 1. The summed E-state index contributed by atoms with van der Waals surface area (Å²) in [5, 5.41) is 4.26. The third kappa shape index (κ3) is 2.73. The van der Waals surface area contributed by atoms with E-state index in [4.69, 9.17) is 10.5 Å². The van der Waals surface area contributed by atoms with Gasteiger partial charge in [0.15, 0.2) is 0 Å². The Morgan fingerprint density at radius 3 is 2.71 bits per heavy atom. The van der Waals surface area contributed by atoms with Crippen LogP contribution in [0.5, 0.6) is 11.9 Å². The van der Waals surface area contributed by atoms with Crippen molar-refractivity contribution in [2.24, 2.45) is 0 Å². The molecule has 0 aliphatic carbocycles. The van der Waals surface area contributed by atoms with Crippen LogP contribution in [0.15, 0.2) is 47.3 Å². The lowest BCUT2D eigenvalue weighted by atomic mass is 10.2. The quantitative estimate of drug-likeness (QED) is 0.788. The predicted octanol–water partition coefficient (Wildman–Crippen LogP) is 3.11. The third-order valence-electron chi connectivity index (χ3n) is 2.95. The molecule has 2 heterocycles. The van der Waals surface area contributed by atoms with E-state index in [0.29, 0.717) is 16.0 Å². The molecule has 0 spiro atoms. The lowest BCUT2D eigenvalue weighted by molar-refractivity contribution is 0.421. The molecular weight excluding hydrogens is 334 g/mol. The van der Waals surface area contributed by atoms with E-state index in [-0.39, 0.29) is 6.01 Å². The molecule has 1 aromatic carbocycles. The molecule has 0 aliphatic rings. The molecule has 3 aromatic rings. The van der Waals surface area contributed by atoms with Gasteiger partial charge in [0.1, 0.15) is 6.33 Å². The van der Waals surface area contributed by atoms with Gasteiger partial charge in [0.05, 0.1) is 22.0 Å². The van der Waals surface area contributed by atoms with Crippen molar-refractivity contribution in [3.05, 3.63) is 52.9 Å². The number of halogens is 1. The predicted molar refractivity (Wildman–Crippen MR) is 82.5 cm³/mol. The fourth-order valence-corrected chi connectivity index (χ4v) is 2.14. The lowest BCUT2D eigenvalue weighted by Gasteiger charge is -2.07. The molecule has 0 amide bonds. The average Bonchev–Trinajstić information content (AvgIpc) is 2.97. The van der Waals surface area contributed by atoms with Gasteiger partial charge in [0.25, 0.3) is 0 Å². The first-order valence-electron chi connectivity index (χ1n) is 6.20. The summed E-state index contributed by atoms with van der Waals surface area (Å²) in [5.41, 5.74) is 8.14. The minimum Gasteiger partial charge on any atom is -0.403 e. The highest BCUT2D eigenvalue weighted by molar-refractivity contribution is 9.10. The summed E-state index contributed by atoms with van der Waals surface area (Å²) in [6, 6.07) is 9.88. The Kier molecular flexibility index (Phi) is 3.57. The summed E-state index contributed by atoms with van der Waals surface area (Å²) in [5.74, 6) is 0.382. The van der Waals surface area contributed by atoms with Gasteiger partial charge in [-0.05, 0) is 40.5 Å². The van der Waals surface area contributed by atoms with Crippen LogP contribution in [0.25, 0.3) is 5.69 Å². The number of hydrogen-bond donors (Lipinski definition) is 1. The largest absolute Gasteiger partial charge is 0.403 e. The Morgan fingerprint density at radius 1 is 1.19 bits per heavy atom. The van der Waals surface area contributed by atoms with Crippen LogP contribution in [-0.4, -0.2) is 19.7 Å². The van der Waals surface area contributed by atoms with Crippen molar-refractivity contribution in [1.29, 1.82) is 0 Å². The lowest BCUT2D eigenvalue weighted by Crippen LogP contribution is -1.98. The van der Waals surface area contributed by atoms with E-state index >= 15 is 0 Å². The molecule has 21 heavy (non-hydrogen) atoms. The van der Waals surface area contributed by atoms with Crippen LogP contribution in [0.1, 0.15) is 5.56 Å². The zero-order valence-electron chi connectivity index (χ0n) is 11.2. The number of nitrogens with zero attached hydrogens (tertiary/aromatic N) is 4. The smallest absolute Gasteiger partial charge is 0.342 e. The molecular formula is C14H12BrN5O. The number of nitrogens with two attached hydrogens (primary N) is 1. The summed E-state index contributed by atoms with van der Waals surface area (Å²) in [4.78, 5) is 8.25. The van der Waals surface area contributed by atoms with Crippen molar-refractivity contribution < 1.29 is 4.74 Å². The Hall–Kier alpha value is -2.41. The van der Waals surface area contributed by atoms with Gasteiger partial charge < -0.3 is 10.5 Å². The summed E-state index contributed by atoms with van der Waals surface area (Å²) in [6.45, 7) is 1.88. The fraction of sp³-hybridized carbons (Fsp3) is 0.0714. The number of rotatable bonds is 3. The van der Waals surface area contributed by atoms with E-state index in [2.05, 4.69) is 31.0 Å². The zero-order valence-corrected chi connectivity index (χ0v) is 12.8. The molecule has 0 unspecified atom stereocenters. The molecule has 0 radical (unpaired) electrons. The van der Waals surface area contributed by atoms with Gasteiger partial charge in [0.2, 0.25) is 5.88 Å². The summed E-state index contributed by atoms with van der Waals surface area (Å²) in [7, 11) is 0. The second kappa shape index (κ2) is 5.53. The van der Waals surface area contributed by atoms with Crippen LogP contribution >= 0.6 is 15.9 Å². The SMILES string of the molecule is Cc1c(N)cnc(Oc2ncn(-c3ccccc3)n2)c1Br. The number of nitrogen functional groups attached to an aromatic ring is 1. The molecule has 3 rings (SSSR count). The first-order valence-corrected chi connectivity index (χ1v) is 7.00. The van der Waals surface area contributed by atoms with E-state index < -0.39 is 0 Å². The highest BCUT2D eigenvalue weighted by Gasteiger charge is 2.12. The van der Waals surface area contributed by atoms with Gasteiger partial charge >= 0.3 is 6.01 Å². The van der Waals surface area contributed by atoms with Crippen molar-refractivity contribution in [2.75, 3.05) is 5.73 Å². The summed E-state index contributed by atoms with van der Waals surface area (Å²) in [6.07, 6.45) is 3.13. The topological polar surface area (TPSA) is 78.9 Å². The number of benzene rings is 1. The Labute approximate surface area is 129 Å². The van der Waals surface area contributed by atoms with Crippen LogP contribution in [0.4, 0.5) is 5.69 Å². The van der Waals surface area contributed by atoms with Crippen LogP contribution in [0.2, 0.25) is 0 Å². The Balaban J connectivity index is 1.87. The summed E-state index contributed by atoms with van der Waals surface area (Å²) < 4.78 is 7.92. The highest BCUT2D eigenvalue weighted by atomic mass is 79.9. The Bertz CT molecular complexity index is 772. The third-order valence-corrected chi connectivity index (χ3v) is 3.88. The second-order valence-electron chi connectivity index (χ2n) is 4.37. The standard InChI is InChI=1S/C14H12BrN5O/c1-9-11(16)7-17-13(12(9)15)21-14-18-8-20(19-14)10-5-3-2-4-6-10/h2-8H,16H2,1H3. The monoisotopic (exact) mass is 345 g/mol. The molecule has 0 atom stereocenters. The molecule has 6 nitrogen and oxygen atoms in total. The summed E-state index contributed by atoms with van der Waals surface area (Å²) >= 11 is 3.41. The average molecular weight is 346 g/mol. The van der Waals surface area contributed by atoms with Crippen LogP contribution in [0.3, 0.4) is 0 Å². The molecule has 0 saturated carbocycles. The van der Waals surface area contributed by atoms with E-state index in [9.17, 15) is 0 Å². The number of ether oxygens (including phenoxy) is 1. The minimum atomic E-state index is 0.219. The first kappa shape index (κ1) is 13.6. The molecule has 2 aromatic heterocycles. The Morgan fingerprint density at radius 2 is 1.95 bits per heavy atom. The first-order chi connectivity index (χ1) is 10.1. The van der Waals surface area contributed by atoms with Crippen LogP contribution in [0, 0.1) is 6.92 Å². The molecule has 7 heteroatoms. The van der Waals surface area contributed by atoms with Crippen LogP contribution in [-0.2, 0) is 0 Å². The molecule has 0 saturated heterocycles. The van der Waals surface area contributed by atoms with Crippen molar-refractivity contribution in [1.82, 2.24) is 19.7 Å². The van der Waals surface area contributed by atoms with Gasteiger partial charge in [-0.2, -0.15) is 4.98 Å². The van der Waals surface area contributed by atoms with Gasteiger partial charge in [-0.1, -0.05) is 18.2 Å². The van der Waals surface area contributed by atoms with Gasteiger partial charge in [-0.3, -0.25) is 0 Å². The molecule has 106 valence electrons. The zero-order chi connectivity index (χ0) is 14.8. The minimum absolute atomic E-state index is 0.219. The van der Waals surface area contributed by atoms with Crippen LogP contribution < -0.4 is 10.5 Å². The molecule has 2 N–H and O–H groups in total. The van der Waals surface area contributed by atoms with Crippen molar-refractivity contribution >= 4 is 21.6 Å². The van der Waals surface area contributed by atoms with Gasteiger partial charge in [-0.15, -0.1) is 5.10 Å². The van der Waals surface area contributed by atoms with E-state index in [0.717, 1.165) is 11.3 Å². The van der Waals surface area contributed by atoms with Crippen molar-refractivity contribution in [3.8, 4) is 17.6 Å². The number of hydrogen-bond acceptors (Lipinski definition) is 5. The van der Waals surface area contributed by atoms with E-state index in [1.165, 1.54) is 0 Å². The number of para-hydroxylation sites is 1. The second-order valence-corrected chi connectivity index (χ2v) is 5.16. The maximum absolute atomic E-state index is 5.78.